The van der Waals surface area contributed by atoms with Crippen LogP contribution in [0.5, 0.6) is 11.5 Å². The fraction of sp³-hybridized carbons (Fsp3) is 0.381. The van der Waals surface area contributed by atoms with E-state index >= 15 is 0 Å². The molecule has 0 fully saturated rings. The summed E-state index contributed by atoms with van der Waals surface area (Å²) in [7, 11) is 4.79. The van der Waals surface area contributed by atoms with E-state index in [1.807, 2.05) is 4.68 Å². The number of aromatic nitrogens is 3. The van der Waals surface area contributed by atoms with Crippen LogP contribution >= 0.6 is 0 Å². The van der Waals surface area contributed by atoms with Crippen LogP contribution in [0.4, 0.5) is 0 Å². The van der Waals surface area contributed by atoms with Gasteiger partial charge in [-0.1, -0.05) is 0 Å². The van der Waals surface area contributed by atoms with Crippen molar-refractivity contribution in [3.8, 4) is 22.9 Å². The van der Waals surface area contributed by atoms with Crippen molar-refractivity contribution in [3.05, 3.63) is 47.7 Å². The van der Waals surface area contributed by atoms with Gasteiger partial charge in [0.15, 0.2) is 6.39 Å². The van der Waals surface area contributed by atoms with E-state index in [9.17, 15) is 4.79 Å². The molecule has 30 heavy (non-hydrogen) atoms. The average molecular weight is 412 g/mol. The molecule has 0 radical (unpaired) electrons. The highest BCUT2D eigenvalue weighted by Gasteiger charge is 2.30. The maximum Gasteiger partial charge on any atom is 0.257 e. The van der Waals surface area contributed by atoms with Crippen molar-refractivity contribution in [1.82, 2.24) is 19.7 Å². The first-order valence-electron chi connectivity index (χ1n) is 9.63. The molecule has 1 amide bonds. The van der Waals surface area contributed by atoms with Crippen molar-refractivity contribution in [2.45, 2.75) is 19.5 Å². The van der Waals surface area contributed by atoms with E-state index in [-0.39, 0.29) is 5.91 Å². The maximum atomic E-state index is 13.3. The number of benzene rings is 1. The number of nitrogens with zero attached hydrogens (tertiary/aromatic N) is 4. The first kappa shape index (κ1) is 20.0. The third-order valence-corrected chi connectivity index (χ3v) is 5.24. The summed E-state index contributed by atoms with van der Waals surface area (Å²) in [4.78, 5) is 19.3. The number of carbonyl (C=O) groups is 1. The molecule has 0 saturated heterocycles. The molecule has 3 heterocycles. The highest BCUT2D eigenvalue weighted by Crippen LogP contribution is 2.32. The third kappa shape index (κ3) is 3.63. The zero-order chi connectivity index (χ0) is 21.1. The summed E-state index contributed by atoms with van der Waals surface area (Å²) in [6.45, 7) is 2.20. The molecule has 1 aliphatic heterocycles. The molecular weight excluding hydrogens is 388 g/mol. The summed E-state index contributed by atoms with van der Waals surface area (Å²) in [5.41, 5.74) is 3.95. The standard InChI is InChI=1S/C21H24N4O5/c1-27-9-8-25-18-6-7-24(11-16(18)20(23-25)17-12-30-13-22-17)21(26)15-5-4-14(28-2)10-19(15)29-3/h4-5,10,12-13H,6-9,11H2,1-3H3. The summed E-state index contributed by atoms with van der Waals surface area (Å²) in [6, 6.07) is 5.21. The van der Waals surface area contributed by atoms with Gasteiger partial charge in [-0.05, 0) is 12.1 Å². The van der Waals surface area contributed by atoms with E-state index in [0.29, 0.717) is 55.4 Å². The summed E-state index contributed by atoms with van der Waals surface area (Å²) >= 11 is 0. The number of ether oxygens (including phenoxy) is 3. The number of fused-ring (bicyclic) bond motifs is 1. The van der Waals surface area contributed by atoms with Crippen molar-refractivity contribution in [2.75, 3.05) is 34.5 Å². The molecule has 0 N–H and O–H groups in total. The predicted octanol–water partition coefficient (Wildman–Crippen LogP) is 2.40. The van der Waals surface area contributed by atoms with Gasteiger partial charge in [0, 0.05) is 37.4 Å². The van der Waals surface area contributed by atoms with Gasteiger partial charge in [-0.3, -0.25) is 9.48 Å². The van der Waals surface area contributed by atoms with Gasteiger partial charge in [0.1, 0.15) is 29.2 Å². The second-order valence-electron chi connectivity index (χ2n) is 6.91. The minimum Gasteiger partial charge on any atom is -0.497 e. The monoisotopic (exact) mass is 412 g/mol. The zero-order valence-electron chi connectivity index (χ0n) is 17.3. The van der Waals surface area contributed by atoms with Gasteiger partial charge in [0.05, 0.1) is 39.5 Å². The Balaban J connectivity index is 1.66. The van der Waals surface area contributed by atoms with Gasteiger partial charge in [0.25, 0.3) is 5.91 Å². The van der Waals surface area contributed by atoms with Crippen LogP contribution in [0.3, 0.4) is 0 Å². The second-order valence-corrected chi connectivity index (χ2v) is 6.91. The number of hydrogen-bond donors (Lipinski definition) is 0. The van der Waals surface area contributed by atoms with Crippen LogP contribution in [0.25, 0.3) is 11.4 Å². The number of amides is 1. The minimum atomic E-state index is -0.101. The molecule has 2 aromatic heterocycles. The Bertz CT molecular complexity index is 1030. The minimum absolute atomic E-state index is 0.101. The normalized spacial score (nSPS) is 13.2. The smallest absolute Gasteiger partial charge is 0.257 e. The number of carbonyl (C=O) groups excluding carboxylic acids is 1. The maximum absolute atomic E-state index is 13.3. The molecule has 3 aromatic rings. The Labute approximate surface area is 174 Å². The van der Waals surface area contributed by atoms with Gasteiger partial charge in [-0.15, -0.1) is 0 Å². The van der Waals surface area contributed by atoms with Crippen LogP contribution in [-0.4, -0.2) is 60.1 Å². The first-order valence-corrected chi connectivity index (χ1v) is 9.63. The summed E-state index contributed by atoms with van der Waals surface area (Å²) < 4.78 is 23.0. The largest absolute Gasteiger partial charge is 0.497 e. The molecule has 9 heteroatoms. The highest BCUT2D eigenvalue weighted by atomic mass is 16.5. The lowest BCUT2D eigenvalue weighted by molar-refractivity contribution is 0.0729. The van der Waals surface area contributed by atoms with E-state index in [0.717, 1.165) is 17.0 Å². The van der Waals surface area contributed by atoms with Gasteiger partial charge >= 0.3 is 0 Å². The SMILES string of the molecule is COCCn1nc(-c2cocn2)c2c1CCN(C(=O)c1ccc(OC)cc1OC)C2. The molecule has 0 aliphatic carbocycles. The van der Waals surface area contributed by atoms with E-state index in [2.05, 4.69) is 4.98 Å². The molecular formula is C21H24N4O5. The van der Waals surface area contributed by atoms with Crippen LogP contribution in [0.2, 0.25) is 0 Å². The van der Waals surface area contributed by atoms with Gasteiger partial charge in [0.2, 0.25) is 0 Å². The molecule has 1 aromatic carbocycles. The van der Waals surface area contributed by atoms with Crippen molar-refractivity contribution in [2.24, 2.45) is 0 Å². The highest BCUT2D eigenvalue weighted by molar-refractivity contribution is 5.97. The third-order valence-electron chi connectivity index (χ3n) is 5.24. The van der Waals surface area contributed by atoms with Crippen molar-refractivity contribution < 1.29 is 23.4 Å². The second kappa shape index (κ2) is 8.58. The molecule has 0 atom stereocenters. The summed E-state index contributed by atoms with van der Waals surface area (Å²) in [5.74, 6) is 1.02. The van der Waals surface area contributed by atoms with Gasteiger partial charge < -0.3 is 23.5 Å². The predicted molar refractivity (Wildman–Crippen MR) is 108 cm³/mol. The molecule has 0 spiro atoms. The number of methoxy groups -OCH3 is 3. The first-order chi connectivity index (χ1) is 14.7. The lowest BCUT2D eigenvalue weighted by Crippen LogP contribution is -2.36. The number of rotatable bonds is 7. The molecule has 9 nitrogen and oxygen atoms in total. The molecule has 158 valence electrons. The van der Waals surface area contributed by atoms with Gasteiger partial charge in [-0.2, -0.15) is 5.10 Å². The molecule has 1 aliphatic rings. The summed E-state index contributed by atoms with van der Waals surface area (Å²) in [6.07, 6.45) is 3.63. The Morgan fingerprint density at radius 3 is 2.80 bits per heavy atom. The molecule has 0 bridgehead atoms. The molecule has 0 saturated carbocycles. The fourth-order valence-electron chi connectivity index (χ4n) is 3.71. The molecule has 0 unspecified atom stereocenters. The summed E-state index contributed by atoms with van der Waals surface area (Å²) in [5, 5.41) is 4.73. The van der Waals surface area contributed by atoms with Crippen molar-refractivity contribution in [1.29, 1.82) is 0 Å². The van der Waals surface area contributed by atoms with Crippen molar-refractivity contribution >= 4 is 5.91 Å². The van der Waals surface area contributed by atoms with E-state index in [1.54, 1.807) is 50.7 Å². The van der Waals surface area contributed by atoms with Crippen molar-refractivity contribution in [3.63, 3.8) is 0 Å². The van der Waals surface area contributed by atoms with Crippen LogP contribution in [0, 0.1) is 0 Å². The lowest BCUT2D eigenvalue weighted by Gasteiger charge is -2.28. The van der Waals surface area contributed by atoms with Crippen LogP contribution < -0.4 is 9.47 Å². The Morgan fingerprint density at radius 2 is 2.10 bits per heavy atom. The fourth-order valence-corrected chi connectivity index (χ4v) is 3.71. The average Bonchev–Trinajstić information content (AvgIpc) is 3.44. The molecule has 4 rings (SSSR count). The van der Waals surface area contributed by atoms with E-state index < -0.39 is 0 Å². The van der Waals surface area contributed by atoms with Gasteiger partial charge in [-0.25, -0.2) is 4.98 Å². The van der Waals surface area contributed by atoms with Crippen LogP contribution in [-0.2, 0) is 24.2 Å². The lowest BCUT2D eigenvalue weighted by atomic mass is 10.0. The topological polar surface area (TPSA) is 91.9 Å². The van der Waals surface area contributed by atoms with E-state index in [4.69, 9.17) is 23.7 Å². The Kier molecular flexibility index (Phi) is 5.71. The van der Waals surface area contributed by atoms with Crippen LogP contribution in [0.1, 0.15) is 21.6 Å². The zero-order valence-corrected chi connectivity index (χ0v) is 17.3. The number of hydrogen-bond acceptors (Lipinski definition) is 7. The number of oxazole rings is 1. The van der Waals surface area contributed by atoms with E-state index in [1.165, 1.54) is 6.39 Å². The Hall–Kier alpha value is -3.33. The Morgan fingerprint density at radius 1 is 1.23 bits per heavy atom. The quantitative estimate of drug-likeness (QED) is 0.588. The van der Waals surface area contributed by atoms with Crippen LogP contribution in [0.15, 0.2) is 35.3 Å².